The van der Waals surface area contributed by atoms with Gasteiger partial charge in [-0.1, -0.05) is 83.4 Å². The number of hydrogen-bond acceptors (Lipinski definition) is 8. The number of likely N-dealkylation sites (N-methyl/N-ethyl adjacent to an activating group) is 1. The van der Waals surface area contributed by atoms with E-state index >= 15 is 0 Å². The largest absolute Gasteiger partial charge is 0.376 e. The molecule has 0 spiro atoms. The standard InChI is InChI=1S/C40H63N7O5/c1-8-14-33(44-32(9-2)35(25-40(5,6)7)46-37(49)30-19-21-47(52)22-20-30)39(51)43-31(23-28-15-12-11-13-16-28)26-42-27(4)36(48)45-34(24-29-17-18-29)38(50)41-10-3/h9,11-13,15-16,19-21,27,29,31,33-35,42,44,52H,8,10,14,17-18,22-26H2,1-7H3,(H,41,50)(H,43,51)(H,45,48)(H,46,49)/b32-9-/t27-,31-,33-,34-,35-/m0/s1. The summed E-state index contributed by atoms with van der Waals surface area (Å²) in [5.74, 6) is -0.388. The summed E-state index contributed by atoms with van der Waals surface area (Å²) in [6.07, 6.45) is 11.9. The fourth-order valence-corrected chi connectivity index (χ4v) is 6.19. The van der Waals surface area contributed by atoms with Crippen molar-refractivity contribution in [2.45, 2.75) is 124 Å². The Labute approximate surface area is 310 Å². The first-order valence-corrected chi connectivity index (χ1v) is 19.0. The second kappa shape index (κ2) is 20.8. The van der Waals surface area contributed by atoms with Crippen molar-refractivity contribution in [3.05, 3.63) is 71.6 Å². The fraction of sp³-hybridized carbons (Fsp3) is 0.600. The Morgan fingerprint density at radius 3 is 2.23 bits per heavy atom. The molecule has 1 fully saturated rings. The van der Waals surface area contributed by atoms with Crippen molar-refractivity contribution in [2.24, 2.45) is 11.3 Å². The molecule has 1 aliphatic carbocycles. The predicted molar refractivity (Wildman–Crippen MR) is 205 cm³/mol. The summed E-state index contributed by atoms with van der Waals surface area (Å²) in [6.45, 7) is 14.9. The molecule has 2 aliphatic rings. The number of amides is 4. The third-order valence-corrected chi connectivity index (χ3v) is 9.21. The van der Waals surface area contributed by atoms with E-state index in [0.29, 0.717) is 50.3 Å². The smallest absolute Gasteiger partial charge is 0.251 e. The van der Waals surface area contributed by atoms with Crippen molar-refractivity contribution in [1.29, 1.82) is 0 Å². The first-order chi connectivity index (χ1) is 24.7. The normalized spacial score (nSPS) is 17.6. The minimum absolute atomic E-state index is 0.137. The minimum Gasteiger partial charge on any atom is -0.376 e. The maximum Gasteiger partial charge on any atom is 0.251 e. The maximum absolute atomic E-state index is 14.1. The van der Waals surface area contributed by atoms with Crippen LogP contribution < -0.4 is 31.9 Å². The van der Waals surface area contributed by atoms with Gasteiger partial charge in [-0.15, -0.1) is 0 Å². The number of allylic oxidation sites excluding steroid dienone is 1. The van der Waals surface area contributed by atoms with Crippen molar-refractivity contribution in [3.63, 3.8) is 0 Å². The summed E-state index contributed by atoms with van der Waals surface area (Å²) in [7, 11) is 0. The number of carbonyl (C=O) groups is 4. The third kappa shape index (κ3) is 14.8. The SMILES string of the molecule is C/C=C(\N[C@@H](CCC)C(=O)N[C@H](CN[C@@H](C)C(=O)N[C@@H](CC1CC1)C(=O)NCC)Cc1ccccc1)[C@H](CC(C)(C)C)NC(=O)C1=CCN(O)C=C1. The van der Waals surface area contributed by atoms with Crippen LogP contribution in [0, 0.1) is 11.3 Å². The molecule has 1 aromatic carbocycles. The Kier molecular flexibility index (Phi) is 16.9. The zero-order chi connectivity index (χ0) is 38.3. The van der Waals surface area contributed by atoms with E-state index in [0.717, 1.165) is 35.6 Å². The molecule has 12 heteroatoms. The third-order valence-electron chi connectivity index (χ3n) is 9.21. The van der Waals surface area contributed by atoms with Crippen LogP contribution in [0.25, 0.3) is 0 Å². The highest BCUT2D eigenvalue weighted by Gasteiger charge is 2.32. The number of nitrogens with one attached hydrogen (secondary N) is 6. The van der Waals surface area contributed by atoms with Crippen LogP contribution in [0.3, 0.4) is 0 Å². The molecular weight excluding hydrogens is 658 g/mol. The molecule has 1 saturated carbocycles. The first-order valence-electron chi connectivity index (χ1n) is 19.0. The van der Waals surface area contributed by atoms with E-state index in [4.69, 9.17) is 0 Å². The molecule has 52 heavy (non-hydrogen) atoms. The summed E-state index contributed by atoms with van der Waals surface area (Å²) in [5, 5.41) is 29.7. The average Bonchev–Trinajstić information content (AvgIpc) is 3.92. The van der Waals surface area contributed by atoms with Crippen LogP contribution in [0.15, 0.2) is 66.0 Å². The number of benzene rings is 1. The molecule has 0 bridgehead atoms. The van der Waals surface area contributed by atoms with Gasteiger partial charge < -0.3 is 31.9 Å². The van der Waals surface area contributed by atoms with Gasteiger partial charge in [0.05, 0.1) is 18.6 Å². The zero-order valence-corrected chi connectivity index (χ0v) is 32.3. The lowest BCUT2D eigenvalue weighted by Crippen LogP contribution is -2.56. The van der Waals surface area contributed by atoms with Crippen LogP contribution in [0.2, 0.25) is 0 Å². The lowest BCUT2D eigenvalue weighted by molar-refractivity contribution is -0.130. The van der Waals surface area contributed by atoms with E-state index in [9.17, 15) is 24.4 Å². The Hall–Kier alpha value is -4.16. The maximum atomic E-state index is 14.1. The molecule has 1 aliphatic heterocycles. The number of hydroxylamine groups is 2. The van der Waals surface area contributed by atoms with Crippen LogP contribution >= 0.6 is 0 Å². The van der Waals surface area contributed by atoms with Crippen molar-refractivity contribution in [3.8, 4) is 0 Å². The summed E-state index contributed by atoms with van der Waals surface area (Å²) < 4.78 is 0. The second-order valence-corrected chi connectivity index (χ2v) is 15.3. The molecule has 0 radical (unpaired) electrons. The highest BCUT2D eigenvalue weighted by molar-refractivity contribution is 5.96. The second-order valence-electron chi connectivity index (χ2n) is 15.3. The van der Waals surface area contributed by atoms with Crippen molar-refractivity contribution in [2.75, 3.05) is 19.6 Å². The molecule has 0 unspecified atom stereocenters. The number of hydrogen-bond donors (Lipinski definition) is 7. The quantitative estimate of drug-likeness (QED) is 0.101. The van der Waals surface area contributed by atoms with Gasteiger partial charge in [0.1, 0.15) is 12.1 Å². The number of rotatable bonds is 21. The zero-order valence-electron chi connectivity index (χ0n) is 32.3. The van der Waals surface area contributed by atoms with E-state index in [2.05, 4.69) is 52.7 Å². The Bertz CT molecular complexity index is 1420. The Morgan fingerprint density at radius 2 is 1.65 bits per heavy atom. The first kappa shape index (κ1) is 42.3. The summed E-state index contributed by atoms with van der Waals surface area (Å²) in [6, 6.07) is 7.42. The molecule has 5 atom stereocenters. The summed E-state index contributed by atoms with van der Waals surface area (Å²) >= 11 is 0. The van der Waals surface area contributed by atoms with Crippen LogP contribution in [0.5, 0.6) is 0 Å². The van der Waals surface area contributed by atoms with Gasteiger partial charge in [-0.2, -0.15) is 0 Å². The number of carbonyl (C=O) groups excluding carboxylic acids is 4. The highest BCUT2D eigenvalue weighted by atomic mass is 16.5. The molecular formula is C40H63N7O5. The lowest BCUT2D eigenvalue weighted by Gasteiger charge is -2.32. The van der Waals surface area contributed by atoms with Crippen LogP contribution in [0.1, 0.15) is 92.6 Å². The molecule has 0 saturated heterocycles. The lowest BCUT2D eigenvalue weighted by atomic mass is 9.86. The van der Waals surface area contributed by atoms with Gasteiger partial charge in [0, 0.05) is 36.6 Å². The molecule has 7 N–H and O–H groups in total. The summed E-state index contributed by atoms with van der Waals surface area (Å²) in [5.41, 5.74) is 2.12. The topological polar surface area (TPSA) is 164 Å². The van der Waals surface area contributed by atoms with Gasteiger partial charge in [0.15, 0.2) is 0 Å². The molecule has 288 valence electrons. The van der Waals surface area contributed by atoms with Crippen molar-refractivity contribution >= 4 is 23.6 Å². The van der Waals surface area contributed by atoms with E-state index in [1.807, 2.05) is 57.2 Å². The van der Waals surface area contributed by atoms with Crippen LogP contribution in [-0.4, -0.2) is 83.7 Å². The Morgan fingerprint density at radius 1 is 0.942 bits per heavy atom. The number of nitrogens with zero attached hydrogens (tertiary/aromatic N) is 1. The van der Waals surface area contributed by atoms with Crippen LogP contribution in [0.4, 0.5) is 0 Å². The van der Waals surface area contributed by atoms with Crippen molar-refractivity contribution in [1.82, 2.24) is 37.0 Å². The van der Waals surface area contributed by atoms with Crippen LogP contribution in [-0.2, 0) is 25.6 Å². The van der Waals surface area contributed by atoms with Gasteiger partial charge in [-0.05, 0) is 75.5 Å². The van der Waals surface area contributed by atoms with Gasteiger partial charge >= 0.3 is 0 Å². The average molecular weight is 722 g/mol. The van der Waals surface area contributed by atoms with E-state index in [1.165, 1.54) is 6.20 Å². The van der Waals surface area contributed by atoms with E-state index < -0.39 is 24.2 Å². The van der Waals surface area contributed by atoms with Gasteiger partial charge in [-0.25, -0.2) is 0 Å². The molecule has 12 nitrogen and oxygen atoms in total. The fourth-order valence-electron chi connectivity index (χ4n) is 6.19. The van der Waals surface area contributed by atoms with Gasteiger partial charge in [-0.3, -0.25) is 29.4 Å². The van der Waals surface area contributed by atoms with Gasteiger partial charge in [0.2, 0.25) is 17.7 Å². The molecule has 1 heterocycles. The molecule has 0 aromatic heterocycles. The van der Waals surface area contributed by atoms with E-state index in [1.54, 1.807) is 19.1 Å². The van der Waals surface area contributed by atoms with E-state index in [-0.39, 0.29) is 41.6 Å². The predicted octanol–water partition coefficient (Wildman–Crippen LogP) is 3.84. The highest BCUT2D eigenvalue weighted by Crippen LogP contribution is 2.33. The Balaban J connectivity index is 1.73. The molecule has 4 amide bonds. The monoisotopic (exact) mass is 721 g/mol. The molecule has 3 rings (SSSR count). The summed E-state index contributed by atoms with van der Waals surface area (Å²) in [4.78, 5) is 53.3. The molecule has 1 aromatic rings. The van der Waals surface area contributed by atoms with Crippen molar-refractivity contribution < 1.29 is 24.4 Å². The minimum atomic E-state index is -0.596. The van der Waals surface area contributed by atoms with Gasteiger partial charge in [0.25, 0.3) is 5.91 Å².